The number of hydrogen-bond acceptors (Lipinski definition) is 6. The quantitative estimate of drug-likeness (QED) is 0.753. The minimum atomic E-state index is -3.94. The molecule has 0 spiro atoms. The maximum absolute atomic E-state index is 12.7. The molecule has 0 saturated heterocycles. The Morgan fingerprint density at radius 2 is 2.00 bits per heavy atom. The van der Waals surface area contributed by atoms with Crippen molar-refractivity contribution >= 4 is 15.9 Å². The van der Waals surface area contributed by atoms with E-state index in [-0.39, 0.29) is 23.7 Å². The first-order chi connectivity index (χ1) is 11.9. The number of likely N-dealkylation sites (N-methyl/N-ethyl adjacent to an activating group) is 1. The van der Waals surface area contributed by atoms with Gasteiger partial charge in [0.25, 0.3) is 0 Å². The van der Waals surface area contributed by atoms with Crippen molar-refractivity contribution in [3.63, 3.8) is 0 Å². The molecule has 0 radical (unpaired) electrons. The predicted molar refractivity (Wildman–Crippen MR) is 89.9 cm³/mol. The van der Waals surface area contributed by atoms with Crippen LogP contribution in [0.5, 0.6) is 11.5 Å². The van der Waals surface area contributed by atoms with Gasteiger partial charge in [-0.25, -0.2) is 8.42 Å². The van der Waals surface area contributed by atoms with Crippen LogP contribution < -0.4 is 14.8 Å². The molecule has 0 bridgehead atoms. The molecule has 0 unspecified atom stereocenters. The normalized spacial score (nSPS) is 11.4. The van der Waals surface area contributed by atoms with Crippen LogP contribution in [0.1, 0.15) is 5.76 Å². The predicted octanol–water partition coefficient (Wildman–Crippen LogP) is 1.23. The maximum Gasteiger partial charge on any atom is 0.247 e. The molecular weight excluding hydrogens is 348 g/mol. The van der Waals surface area contributed by atoms with Gasteiger partial charge in [0, 0.05) is 13.1 Å². The highest BCUT2D eigenvalue weighted by atomic mass is 32.2. The SMILES string of the molecule is COc1ccc(OC)c(S(=O)(=O)N(C)CC(=O)NCc2ccco2)c1. The fourth-order valence-electron chi connectivity index (χ4n) is 2.10. The zero-order chi connectivity index (χ0) is 18.4. The Balaban J connectivity index is 2.11. The second-order valence-corrected chi connectivity index (χ2v) is 7.15. The Labute approximate surface area is 146 Å². The molecule has 136 valence electrons. The Hall–Kier alpha value is -2.52. The van der Waals surface area contributed by atoms with E-state index < -0.39 is 15.9 Å². The van der Waals surface area contributed by atoms with Gasteiger partial charge in [-0.15, -0.1) is 0 Å². The molecule has 0 aliphatic rings. The van der Waals surface area contributed by atoms with E-state index in [9.17, 15) is 13.2 Å². The maximum atomic E-state index is 12.7. The Kier molecular flexibility index (Phi) is 6.05. The van der Waals surface area contributed by atoms with Crippen molar-refractivity contribution in [1.29, 1.82) is 0 Å². The van der Waals surface area contributed by atoms with E-state index >= 15 is 0 Å². The first-order valence-electron chi connectivity index (χ1n) is 7.36. The molecular formula is C16H20N2O6S. The number of ether oxygens (including phenoxy) is 2. The number of sulfonamides is 1. The highest BCUT2D eigenvalue weighted by Crippen LogP contribution is 2.30. The number of carbonyl (C=O) groups is 1. The molecule has 0 fully saturated rings. The van der Waals surface area contributed by atoms with E-state index in [1.807, 2.05) is 0 Å². The van der Waals surface area contributed by atoms with Crippen LogP contribution in [0.3, 0.4) is 0 Å². The molecule has 1 amide bonds. The van der Waals surface area contributed by atoms with Crippen LogP contribution >= 0.6 is 0 Å². The summed E-state index contributed by atoms with van der Waals surface area (Å²) in [4.78, 5) is 11.9. The molecule has 1 heterocycles. The van der Waals surface area contributed by atoms with Gasteiger partial charge in [0.2, 0.25) is 15.9 Å². The van der Waals surface area contributed by atoms with Gasteiger partial charge in [0.05, 0.1) is 33.6 Å². The van der Waals surface area contributed by atoms with Crippen LogP contribution in [0.4, 0.5) is 0 Å². The number of nitrogens with one attached hydrogen (secondary N) is 1. The molecule has 2 aromatic rings. The van der Waals surface area contributed by atoms with Gasteiger partial charge in [0.1, 0.15) is 22.2 Å². The fraction of sp³-hybridized carbons (Fsp3) is 0.312. The molecule has 0 saturated carbocycles. The summed E-state index contributed by atoms with van der Waals surface area (Å²) >= 11 is 0. The third-order valence-corrected chi connectivity index (χ3v) is 5.29. The largest absolute Gasteiger partial charge is 0.497 e. The highest BCUT2D eigenvalue weighted by molar-refractivity contribution is 7.89. The van der Waals surface area contributed by atoms with E-state index in [0.717, 1.165) is 4.31 Å². The van der Waals surface area contributed by atoms with E-state index in [1.54, 1.807) is 18.2 Å². The first kappa shape index (κ1) is 18.8. The number of benzene rings is 1. The van der Waals surface area contributed by atoms with Crippen molar-refractivity contribution in [3.05, 3.63) is 42.4 Å². The molecule has 1 aromatic heterocycles. The number of methoxy groups -OCH3 is 2. The lowest BCUT2D eigenvalue weighted by Gasteiger charge is -2.19. The Morgan fingerprint density at radius 1 is 1.24 bits per heavy atom. The number of carbonyl (C=O) groups excluding carboxylic acids is 1. The fourth-order valence-corrected chi connectivity index (χ4v) is 3.39. The zero-order valence-electron chi connectivity index (χ0n) is 14.2. The highest BCUT2D eigenvalue weighted by Gasteiger charge is 2.27. The summed E-state index contributed by atoms with van der Waals surface area (Å²) in [6, 6.07) is 7.85. The average Bonchev–Trinajstić information content (AvgIpc) is 3.12. The smallest absolute Gasteiger partial charge is 0.247 e. The van der Waals surface area contributed by atoms with Crippen LogP contribution in [-0.4, -0.2) is 46.4 Å². The topological polar surface area (TPSA) is 98.1 Å². The number of nitrogens with zero attached hydrogens (tertiary/aromatic N) is 1. The standard InChI is InChI=1S/C16H20N2O6S/c1-18(11-16(19)17-10-13-5-4-8-24-13)25(20,21)15-9-12(22-2)6-7-14(15)23-3/h4-9H,10-11H2,1-3H3,(H,17,19). The summed E-state index contributed by atoms with van der Waals surface area (Å²) in [5.74, 6) is 0.663. The summed E-state index contributed by atoms with van der Waals surface area (Å²) in [5, 5.41) is 2.60. The van der Waals surface area contributed by atoms with Crippen LogP contribution in [0.15, 0.2) is 45.9 Å². The van der Waals surface area contributed by atoms with Crippen molar-refractivity contribution in [2.45, 2.75) is 11.4 Å². The second kappa shape index (κ2) is 8.04. The van der Waals surface area contributed by atoms with Crippen LogP contribution in [-0.2, 0) is 21.4 Å². The molecule has 0 aliphatic carbocycles. The molecule has 2 rings (SSSR count). The van der Waals surface area contributed by atoms with Crippen LogP contribution in [0, 0.1) is 0 Å². The lowest BCUT2D eigenvalue weighted by molar-refractivity contribution is -0.121. The molecule has 0 aliphatic heterocycles. The van der Waals surface area contributed by atoms with Crippen molar-refractivity contribution in [2.24, 2.45) is 0 Å². The van der Waals surface area contributed by atoms with Crippen molar-refractivity contribution in [1.82, 2.24) is 9.62 Å². The van der Waals surface area contributed by atoms with Gasteiger partial charge < -0.3 is 19.2 Å². The third-order valence-electron chi connectivity index (χ3n) is 3.47. The number of rotatable bonds is 8. The second-order valence-electron chi connectivity index (χ2n) is 5.13. The summed E-state index contributed by atoms with van der Waals surface area (Å²) in [5.41, 5.74) is 0. The van der Waals surface area contributed by atoms with Crippen molar-refractivity contribution < 1.29 is 27.1 Å². The minimum absolute atomic E-state index is 0.0734. The summed E-state index contributed by atoms with van der Waals surface area (Å²) < 4.78 is 41.7. The third kappa shape index (κ3) is 4.52. The molecule has 1 aromatic carbocycles. The molecule has 0 atom stereocenters. The van der Waals surface area contributed by atoms with Gasteiger partial charge in [-0.05, 0) is 24.3 Å². The lowest BCUT2D eigenvalue weighted by Crippen LogP contribution is -2.38. The van der Waals surface area contributed by atoms with Gasteiger partial charge in [-0.3, -0.25) is 4.79 Å². The van der Waals surface area contributed by atoms with Gasteiger partial charge in [-0.1, -0.05) is 0 Å². The zero-order valence-corrected chi connectivity index (χ0v) is 15.0. The van der Waals surface area contributed by atoms with Crippen LogP contribution in [0.25, 0.3) is 0 Å². The average molecular weight is 368 g/mol. The Bertz CT molecular complexity index is 817. The number of hydrogen-bond donors (Lipinski definition) is 1. The van der Waals surface area contributed by atoms with E-state index in [1.165, 1.54) is 39.7 Å². The lowest BCUT2D eigenvalue weighted by atomic mass is 10.3. The van der Waals surface area contributed by atoms with Gasteiger partial charge in [-0.2, -0.15) is 4.31 Å². The summed E-state index contributed by atoms with van der Waals surface area (Å²) in [6.07, 6.45) is 1.49. The van der Waals surface area contributed by atoms with E-state index in [0.29, 0.717) is 11.5 Å². The summed E-state index contributed by atoms with van der Waals surface area (Å²) in [6.45, 7) is -0.161. The molecule has 8 nitrogen and oxygen atoms in total. The summed E-state index contributed by atoms with van der Waals surface area (Å²) in [7, 11) is 0.189. The van der Waals surface area contributed by atoms with Gasteiger partial charge in [0.15, 0.2) is 0 Å². The number of furan rings is 1. The molecule has 1 N–H and O–H groups in total. The molecule has 9 heteroatoms. The molecule has 25 heavy (non-hydrogen) atoms. The monoisotopic (exact) mass is 368 g/mol. The van der Waals surface area contributed by atoms with Crippen molar-refractivity contribution in [2.75, 3.05) is 27.8 Å². The number of amides is 1. The Morgan fingerprint density at radius 3 is 2.60 bits per heavy atom. The van der Waals surface area contributed by atoms with Crippen molar-refractivity contribution in [3.8, 4) is 11.5 Å². The van der Waals surface area contributed by atoms with E-state index in [4.69, 9.17) is 13.9 Å². The minimum Gasteiger partial charge on any atom is -0.497 e. The van der Waals surface area contributed by atoms with Gasteiger partial charge >= 0.3 is 0 Å². The van der Waals surface area contributed by atoms with E-state index in [2.05, 4.69) is 5.32 Å². The first-order valence-corrected chi connectivity index (χ1v) is 8.80. The van der Waals surface area contributed by atoms with Crippen LogP contribution in [0.2, 0.25) is 0 Å².